The van der Waals surface area contributed by atoms with E-state index in [4.69, 9.17) is 62.6 Å². The van der Waals surface area contributed by atoms with Gasteiger partial charge < -0.3 is 67.5 Å². The lowest BCUT2D eigenvalue weighted by Crippen LogP contribution is -2.37. The summed E-state index contributed by atoms with van der Waals surface area (Å²) in [6.07, 6.45) is 1.05. The van der Waals surface area contributed by atoms with Gasteiger partial charge in [-0.2, -0.15) is 0 Å². The number of hydrogen-bond acceptors (Lipinski definition) is 16. The molecule has 0 aliphatic carbocycles. The zero-order valence-electron chi connectivity index (χ0n) is 35.9. The number of carbonyl (C=O) groups excluding carboxylic acids is 3. The van der Waals surface area contributed by atoms with Crippen LogP contribution in [0.3, 0.4) is 0 Å². The first-order valence-electron chi connectivity index (χ1n) is 20.4. The Kier molecular flexibility index (Phi) is 55.8. The summed E-state index contributed by atoms with van der Waals surface area (Å²) in [6, 6.07) is 0. The van der Waals surface area contributed by atoms with Gasteiger partial charge in [0.25, 0.3) is 0 Å². The maximum Gasteiger partial charge on any atom is 0.225 e. The Morgan fingerprint density at radius 2 is 0.554 bits per heavy atom. The number of amides is 1. The monoisotopic (exact) mass is 817 g/mol. The van der Waals surface area contributed by atoms with Gasteiger partial charge in [-0.25, -0.2) is 0 Å². The van der Waals surface area contributed by atoms with Crippen LogP contribution in [-0.4, -0.2) is 201 Å². The van der Waals surface area contributed by atoms with E-state index in [9.17, 15) is 14.4 Å². The molecule has 0 unspecified atom stereocenters. The van der Waals surface area contributed by atoms with Gasteiger partial charge >= 0.3 is 0 Å². The summed E-state index contributed by atoms with van der Waals surface area (Å²) < 4.78 is 65.6. The Labute approximate surface area is 338 Å². The molecule has 1 amide bonds. The highest BCUT2D eigenvalue weighted by Gasteiger charge is 2.13. The molecule has 0 atom stereocenters. The first-order chi connectivity index (χ1) is 27.5. The Morgan fingerprint density at radius 1 is 0.339 bits per heavy atom. The number of ether oxygens (including phenoxy) is 12. The van der Waals surface area contributed by atoms with Gasteiger partial charge in [0.2, 0.25) is 5.91 Å². The number of carbonyl (C=O) groups is 3. The molecule has 0 aromatic carbocycles. The smallest absolute Gasteiger partial charge is 0.225 e. The van der Waals surface area contributed by atoms with Crippen LogP contribution >= 0.6 is 0 Å². The van der Waals surface area contributed by atoms with E-state index in [0.29, 0.717) is 184 Å². The van der Waals surface area contributed by atoms with Gasteiger partial charge in [-0.3, -0.25) is 14.4 Å². The molecule has 0 fully saturated rings. The highest BCUT2D eigenvalue weighted by molar-refractivity contribution is 5.76. The summed E-state index contributed by atoms with van der Waals surface area (Å²) >= 11 is 0. The van der Waals surface area contributed by atoms with E-state index >= 15 is 0 Å². The quantitative estimate of drug-likeness (QED) is 0.0882. The zero-order valence-corrected chi connectivity index (χ0v) is 35.9. The largest absolute Gasteiger partial charge is 0.379 e. The third-order valence-electron chi connectivity index (χ3n) is 6.63. The number of hydrogen-bond donors (Lipinski definition) is 1. The molecule has 0 rings (SSSR count). The fourth-order valence-corrected chi connectivity index (χ4v) is 3.83. The fourth-order valence-electron chi connectivity index (χ4n) is 3.83. The van der Waals surface area contributed by atoms with Crippen molar-refractivity contribution >= 4 is 17.5 Å². The molecular weight excluding hydrogens is 736 g/mol. The van der Waals surface area contributed by atoms with Crippen molar-refractivity contribution in [3.8, 4) is 0 Å². The lowest BCUT2D eigenvalue weighted by atomic mass is 10.3. The van der Waals surface area contributed by atoms with E-state index in [2.05, 4.69) is 0 Å². The summed E-state index contributed by atoms with van der Waals surface area (Å²) in [5.74, 6) is 0.146. The highest BCUT2D eigenvalue weighted by atomic mass is 16.6. The second-order valence-electron chi connectivity index (χ2n) is 11.2. The number of nitrogens with zero attached hydrogens (tertiary/aromatic N) is 1. The molecule has 0 aromatic heterocycles. The predicted molar refractivity (Wildman–Crippen MR) is 213 cm³/mol. The van der Waals surface area contributed by atoms with Crippen molar-refractivity contribution < 1.29 is 71.2 Å². The third kappa shape index (κ3) is 52.3. The van der Waals surface area contributed by atoms with Crippen LogP contribution in [0.5, 0.6) is 0 Å². The first kappa shape index (κ1) is 58.6. The molecule has 17 nitrogen and oxygen atoms in total. The topological polar surface area (TPSA) is 191 Å². The highest BCUT2D eigenvalue weighted by Crippen LogP contribution is 1.98. The van der Waals surface area contributed by atoms with Gasteiger partial charge in [-0.15, -0.1) is 0 Å². The molecule has 56 heavy (non-hydrogen) atoms. The zero-order chi connectivity index (χ0) is 42.0. The first-order valence-corrected chi connectivity index (χ1v) is 20.4. The van der Waals surface area contributed by atoms with Crippen molar-refractivity contribution in [1.82, 2.24) is 4.90 Å². The lowest BCUT2D eigenvalue weighted by Gasteiger charge is -2.23. The second kappa shape index (κ2) is 53.3. The minimum Gasteiger partial charge on any atom is -0.379 e. The Balaban J connectivity index is -0.00000678. The van der Waals surface area contributed by atoms with Gasteiger partial charge in [-0.1, -0.05) is 27.7 Å². The molecule has 0 bridgehead atoms. The van der Waals surface area contributed by atoms with Crippen LogP contribution in [-0.2, 0) is 71.2 Å². The summed E-state index contributed by atoms with van der Waals surface area (Å²) in [7, 11) is 0. The SMILES string of the molecule is CC.CC.CC(=O)CCOCCOCCOCCOCCN(CCOCCOCCOCCOCCC(C)=O)C(=O)CCOCCOCCOCCOCCN. The average Bonchev–Trinajstić information content (AvgIpc) is 3.20. The third-order valence-corrected chi connectivity index (χ3v) is 6.63. The van der Waals surface area contributed by atoms with Crippen LogP contribution in [0.25, 0.3) is 0 Å². The Hall–Kier alpha value is -1.71. The van der Waals surface area contributed by atoms with Crippen molar-refractivity contribution in [2.24, 2.45) is 5.73 Å². The van der Waals surface area contributed by atoms with Gasteiger partial charge in [0.15, 0.2) is 0 Å². The predicted octanol–water partition coefficient (Wildman–Crippen LogP) is 2.37. The fraction of sp³-hybridized carbons (Fsp3) is 0.923. The van der Waals surface area contributed by atoms with Gasteiger partial charge in [0.1, 0.15) is 11.6 Å². The van der Waals surface area contributed by atoms with E-state index in [-0.39, 0.29) is 30.5 Å². The maximum atomic E-state index is 12.9. The van der Waals surface area contributed by atoms with Crippen molar-refractivity contribution in [1.29, 1.82) is 0 Å². The lowest BCUT2D eigenvalue weighted by molar-refractivity contribution is -0.134. The molecular formula is C39H80N2O15. The van der Waals surface area contributed by atoms with Gasteiger partial charge in [-0.05, 0) is 13.8 Å². The number of Topliss-reactive ketones (excluding diaryl/α,β-unsaturated/α-hetero) is 2. The molecule has 0 saturated carbocycles. The van der Waals surface area contributed by atoms with Gasteiger partial charge in [0, 0.05) is 32.5 Å². The van der Waals surface area contributed by atoms with Crippen molar-refractivity contribution in [2.45, 2.75) is 60.8 Å². The minimum atomic E-state index is -0.0595. The molecule has 0 spiro atoms. The number of rotatable bonds is 44. The van der Waals surface area contributed by atoms with Crippen LogP contribution in [0.4, 0.5) is 0 Å². The molecule has 0 heterocycles. The average molecular weight is 817 g/mol. The van der Waals surface area contributed by atoms with Crippen molar-refractivity contribution in [3.63, 3.8) is 0 Å². The molecule has 336 valence electrons. The Bertz CT molecular complexity index is 758. The van der Waals surface area contributed by atoms with Gasteiger partial charge in [0.05, 0.1) is 165 Å². The Morgan fingerprint density at radius 3 is 0.804 bits per heavy atom. The second-order valence-corrected chi connectivity index (χ2v) is 11.2. The van der Waals surface area contributed by atoms with Crippen LogP contribution in [0.15, 0.2) is 0 Å². The van der Waals surface area contributed by atoms with E-state index in [1.54, 1.807) is 4.90 Å². The molecule has 0 radical (unpaired) electrons. The minimum absolute atomic E-state index is 0.0595. The van der Waals surface area contributed by atoms with E-state index in [1.165, 1.54) is 13.8 Å². The molecule has 0 aliphatic heterocycles. The summed E-state index contributed by atoms with van der Waals surface area (Å²) in [4.78, 5) is 36.4. The van der Waals surface area contributed by atoms with Crippen LogP contribution in [0, 0.1) is 0 Å². The summed E-state index contributed by atoms with van der Waals surface area (Å²) in [6.45, 7) is 22.4. The number of ketones is 2. The standard InChI is InChI=1S/C35H68N2O15.2C2H6/c1-33(38)3-9-41-15-21-47-28-31-51-25-19-45-13-7-37(8-14-46-20-26-52-32-29-48-22-16-42-10-4-34(2)39)35(40)5-11-43-17-23-49-27-30-50-24-18-44-12-6-36;2*1-2/h3-32,36H2,1-2H3;2*1-2H3. The molecule has 0 aliphatic rings. The molecule has 0 aromatic rings. The van der Waals surface area contributed by atoms with Crippen molar-refractivity contribution in [3.05, 3.63) is 0 Å². The van der Waals surface area contributed by atoms with Crippen LogP contribution < -0.4 is 5.73 Å². The molecule has 0 saturated heterocycles. The number of nitrogens with two attached hydrogens (primary N) is 1. The van der Waals surface area contributed by atoms with Crippen LogP contribution in [0.2, 0.25) is 0 Å². The maximum absolute atomic E-state index is 12.9. The summed E-state index contributed by atoms with van der Waals surface area (Å²) in [5.41, 5.74) is 5.36. The van der Waals surface area contributed by atoms with E-state index in [1.807, 2.05) is 27.7 Å². The normalized spacial score (nSPS) is 10.8. The van der Waals surface area contributed by atoms with E-state index in [0.717, 1.165) is 0 Å². The van der Waals surface area contributed by atoms with Crippen molar-refractivity contribution in [2.75, 3.05) is 178 Å². The molecule has 17 heteroatoms. The summed E-state index contributed by atoms with van der Waals surface area (Å²) in [5, 5.41) is 0. The van der Waals surface area contributed by atoms with E-state index < -0.39 is 0 Å². The van der Waals surface area contributed by atoms with Crippen LogP contribution in [0.1, 0.15) is 60.8 Å². The molecule has 2 N–H and O–H groups in total.